The Morgan fingerprint density at radius 2 is 1.75 bits per heavy atom. The summed E-state index contributed by atoms with van der Waals surface area (Å²) in [5.74, 6) is 1.62. The van der Waals surface area contributed by atoms with Crippen LogP contribution < -0.4 is 19.5 Å². The van der Waals surface area contributed by atoms with E-state index < -0.39 is 0 Å². The van der Waals surface area contributed by atoms with Crippen molar-refractivity contribution in [2.75, 3.05) is 26.1 Å². The lowest BCUT2D eigenvalue weighted by Crippen LogP contribution is -2.21. The van der Waals surface area contributed by atoms with E-state index in [9.17, 15) is 4.79 Å². The highest BCUT2D eigenvalue weighted by molar-refractivity contribution is 5.94. The standard InChI is InChI=1S/C20H21N3O5/c1-12-6-5-7-13(2)19(12)27-11-17(24)21-20-18(22-28-23-20)14-8-9-15(25-3)16(10-14)26-4/h5-10H,11H2,1-4H3,(H,21,23,24). The smallest absolute Gasteiger partial charge is 0.263 e. The number of nitrogens with zero attached hydrogens (tertiary/aromatic N) is 2. The van der Waals surface area contributed by atoms with Crippen molar-refractivity contribution in [1.82, 2.24) is 10.3 Å². The van der Waals surface area contributed by atoms with Gasteiger partial charge in [-0.3, -0.25) is 4.79 Å². The first-order chi connectivity index (χ1) is 13.5. The van der Waals surface area contributed by atoms with Crippen LogP contribution in [0.3, 0.4) is 0 Å². The summed E-state index contributed by atoms with van der Waals surface area (Å²) >= 11 is 0. The van der Waals surface area contributed by atoms with Gasteiger partial charge in [-0.2, -0.15) is 0 Å². The fraction of sp³-hybridized carbons (Fsp3) is 0.250. The van der Waals surface area contributed by atoms with Crippen LogP contribution in [0.15, 0.2) is 41.0 Å². The van der Waals surface area contributed by atoms with Gasteiger partial charge in [0.1, 0.15) is 5.75 Å². The summed E-state index contributed by atoms with van der Waals surface area (Å²) in [6, 6.07) is 11.0. The molecule has 28 heavy (non-hydrogen) atoms. The van der Waals surface area contributed by atoms with Crippen molar-refractivity contribution in [2.24, 2.45) is 0 Å². The van der Waals surface area contributed by atoms with Gasteiger partial charge in [0, 0.05) is 5.56 Å². The van der Waals surface area contributed by atoms with Crippen LogP contribution in [0.4, 0.5) is 5.82 Å². The molecule has 8 nitrogen and oxygen atoms in total. The van der Waals surface area contributed by atoms with Crippen LogP contribution in [0.5, 0.6) is 17.2 Å². The zero-order valence-corrected chi connectivity index (χ0v) is 16.1. The van der Waals surface area contributed by atoms with Gasteiger partial charge >= 0.3 is 0 Å². The minimum absolute atomic E-state index is 0.163. The maximum absolute atomic E-state index is 12.3. The van der Waals surface area contributed by atoms with Crippen molar-refractivity contribution in [2.45, 2.75) is 13.8 Å². The Labute approximate surface area is 162 Å². The van der Waals surface area contributed by atoms with E-state index in [-0.39, 0.29) is 18.3 Å². The molecule has 0 aliphatic heterocycles. The van der Waals surface area contributed by atoms with Crippen LogP contribution in [-0.2, 0) is 4.79 Å². The van der Waals surface area contributed by atoms with E-state index in [2.05, 4.69) is 15.6 Å². The molecule has 1 amide bonds. The van der Waals surface area contributed by atoms with E-state index in [4.69, 9.17) is 18.8 Å². The van der Waals surface area contributed by atoms with E-state index in [1.807, 2.05) is 32.0 Å². The third-order valence-corrected chi connectivity index (χ3v) is 4.16. The number of nitrogens with one attached hydrogen (secondary N) is 1. The average Bonchev–Trinajstić information content (AvgIpc) is 3.15. The molecular formula is C20H21N3O5. The van der Waals surface area contributed by atoms with Crippen molar-refractivity contribution >= 4 is 11.7 Å². The first-order valence-corrected chi connectivity index (χ1v) is 8.57. The van der Waals surface area contributed by atoms with Crippen LogP contribution in [-0.4, -0.2) is 37.0 Å². The number of para-hydroxylation sites is 1. The van der Waals surface area contributed by atoms with Gasteiger partial charge in [0.15, 0.2) is 23.8 Å². The molecule has 0 saturated carbocycles. The van der Waals surface area contributed by atoms with E-state index in [1.54, 1.807) is 25.3 Å². The number of hydrogen-bond acceptors (Lipinski definition) is 7. The van der Waals surface area contributed by atoms with Gasteiger partial charge in [0.2, 0.25) is 5.82 Å². The van der Waals surface area contributed by atoms with Crippen LogP contribution >= 0.6 is 0 Å². The summed E-state index contributed by atoms with van der Waals surface area (Å²) in [4.78, 5) is 12.3. The molecule has 0 bridgehead atoms. The Morgan fingerprint density at radius 3 is 2.43 bits per heavy atom. The summed E-state index contributed by atoms with van der Waals surface area (Å²) in [5.41, 5.74) is 2.95. The van der Waals surface area contributed by atoms with Crippen LogP contribution in [0.2, 0.25) is 0 Å². The predicted molar refractivity (Wildman–Crippen MR) is 103 cm³/mol. The van der Waals surface area contributed by atoms with Crippen LogP contribution in [0.1, 0.15) is 11.1 Å². The summed E-state index contributed by atoms with van der Waals surface area (Å²) in [5, 5.41) is 10.3. The molecule has 0 saturated heterocycles. The van der Waals surface area contributed by atoms with Gasteiger partial charge < -0.3 is 19.5 Å². The van der Waals surface area contributed by atoms with Crippen molar-refractivity contribution < 1.29 is 23.6 Å². The predicted octanol–water partition coefficient (Wildman–Crippen LogP) is 3.39. The third-order valence-electron chi connectivity index (χ3n) is 4.16. The molecule has 1 N–H and O–H groups in total. The molecule has 146 valence electrons. The molecule has 0 unspecified atom stereocenters. The van der Waals surface area contributed by atoms with Gasteiger partial charge in [-0.15, -0.1) is 0 Å². The maximum Gasteiger partial charge on any atom is 0.263 e. The van der Waals surface area contributed by atoms with Gasteiger partial charge in [-0.1, -0.05) is 18.2 Å². The Morgan fingerprint density at radius 1 is 1.04 bits per heavy atom. The number of aryl methyl sites for hydroxylation is 2. The lowest BCUT2D eigenvalue weighted by molar-refractivity contribution is -0.118. The van der Waals surface area contributed by atoms with Gasteiger partial charge in [0.25, 0.3) is 5.91 Å². The Hall–Kier alpha value is -3.55. The Kier molecular flexibility index (Phi) is 5.78. The summed E-state index contributed by atoms with van der Waals surface area (Å²) in [6.07, 6.45) is 0. The third kappa shape index (κ3) is 4.06. The molecule has 0 atom stereocenters. The topological polar surface area (TPSA) is 95.7 Å². The molecule has 0 aliphatic rings. The number of ether oxygens (including phenoxy) is 3. The quantitative estimate of drug-likeness (QED) is 0.668. The molecule has 1 aromatic heterocycles. The fourth-order valence-corrected chi connectivity index (χ4v) is 2.78. The number of aromatic nitrogens is 2. The highest BCUT2D eigenvalue weighted by Gasteiger charge is 2.17. The van der Waals surface area contributed by atoms with E-state index in [0.29, 0.717) is 28.5 Å². The zero-order valence-electron chi connectivity index (χ0n) is 16.1. The highest BCUT2D eigenvalue weighted by atomic mass is 16.6. The van der Waals surface area contributed by atoms with Crippen molar-refractivity contribution in [3.63, 3.8) is 0 Å². The lowest BCUT2D eigenvalue weighted by Gasteiger charge is -2.11. The Bertz CT molecular complexity index is 963. The molecule has 1 heterocycles. The van der Waals surface area contributed by atoms with Crippen molar-refractivity contribution in [3.05, 3.63) is 47.5 Å². The summed E-state index contributed by atoms with van der Waals surface area (Å²) in [6.45, 7) is 3.69. The molecule has 2 aromatic carbocycles. The lowest BCUT2D eigenvalue weighted by atomic mass is 10.1. The minimum atomic E-state index is -0.375. The van der Waals surface area contributed by atoms with E-state index >= 15 is 0 Å². The molecule has 0 spiro atoms. The molecule has 8 heteroatoms. The first kappa shape index (κ1) is 19.2. The second-order valence-electron chi connectivity index (χ2n) is 6.09. The number of carbonyl (C=O) groups is 1. The van der Waals surface area contributed by atoms with Crippen molar-refractivity contribution in [1.29, 1.82) is 0 Å². The molecule has 0 aliphatic carbocycles. The highest BCUT2D eigenvalue weighted by Crippen LogP contribution is 2.33. The number of methoxy groups -OCH3 is 2. The first-order valence-electron chi connectivity index (χ1n) is 8.57. The molecule has 0 radical (unpaired) electrons. The van der Waals surface area contributed by atoms with E-state index in [0.717, 1.165) is 11.1 Å². The molecule has 3 aromatic rings. The number of amides is 1. The number of anilines is 1. The SMILES string of the molecule is COc1ccc(-c2nonc2NC(=O)COc2c(C)cccc2C)cc1OC. The second kappa shape index (κ2) is 8.43. The monoisotopic (exact) mass is 383 g/mol. The normalized spacial score (nSPS) is 10.4. The van der Waals surface area contributed by atoms with Crippen molar-refractivity contribution in [3.8, 4) is 28.5 Å². The van der Waals surface area contributed by atoms with Crippen LogP contribution in [0, 0.1) is 13.8 Å². The van der Waals surface area contributed by atoms with Gasteiger partial charge in [-0.25, -0.2) is 4.63 Å². The molecular weight excluding hydrogens is 362 g/mol. The number of rotatable bonds is 7. The Balaban J connectivity index is 1.73. The number of hydrogen-bond donors (Lipinski definition) is 1. The van der Waals surface area contributed by atoms with Crippen LogP contribution in [0.25, 0.3) is 11.3 Å². The minimum Gasteiger partial charge on any atom is -0.493 e. The van der Waals surface area contributed by atoms with E-state index in [1.165, 1.54) is 7.11 Å². The van der Waals surface area contributed by atoms with Gasteiger partial charge in [0.05, 0.1) is 14.2 Å². The molecule has 0 fully saturated rings. The second-order valence-corrected chi connectivity index (χ2v) is 6.09. The molecule has 3 rings (SSSR count). The van der Waals surface area contributed by atoms with Gasteiger partial charge in [-0.05, 0) is 53.5 Å². The average molecular weight is 383 g/mol. The number of carbonyl (C=O) groups excluding carboxylic acids is 1. The maximum atomic E-state index is 12.3. The summed E-state index contributed by atoms with van der Waals surface area (Å²) in [7, 11) is 3.09. The zero-order chi connectivity index (χ0) is 20.1. The fourth-order valence-electron chi connectivity index (χ4n) is 2.78. The summed E-state index contributed by atoms with van der Waals surface area (Å²) < 4.78 is 21.0. The largest absolute Gasteiger partial charge is 0.493 e. The number of benzene rings is 2.